The number of ketones is 1. The van der Waals surface area contributed by atoms with Gasteiger partial charge < -0.3 is 9.47 Å². The molecule has 1 N–H and O–H groups in total. The molecule has 0 saturated carbocycles. The smallest absolute Gasteiger partial charge is 0.298 e. The van der Waals surface area contributed by atoms with Crippen LogP contribution in [0.25, 0.3) is 0 Å². The molecule has 0 amide bonds. The Balaban J connectivity index is 1.61. The highest BCUT2D eigenvalue weighted by molar-refractivity contribution is 7.91. The van der Waals surface area contributed by atoms with Gasteiger partial charge in [-0.15, -0.1) is 0 Å². The zero-order valence-corrected chi connectivity index (χ0v) is 21.4. The molecule has 0 bridgehead atoms. The van der Waals surface area contributed by atoms with Gasteiger partial charge in [-0.25, -0.2) is 8.42 Å². The summed E-state index contributed by atoms with van der Waals surface area (Å²) >= 11 is 0. The number of aryl methyl sites for hydroxylation is 1. The number of rotatable bonds is 8. The van der Waals surface area contributed by atoms with E-state index in [2.05, 4.69) is 0 Å². The lowest BCUT2D eigenvalue weighted by atomic mass is 10.0. The van der Waals surface area contributed by atoms with E-state index in [1.165, 1.54) is 67.8 Å². The molecule has 8 nitrogen and oxygen atoms in total. The fourth-order valence-corrected chi connectivity index (χ4v) is 5.41. The summed E-state index contributed by atoms with van der Waals surface area (Å²) in [6.07, 6.45) is 0. The second kappa shape index (κ2) is 10.2. The Kier molecular flexibility index (Phi) is 7.17. The van der Waals surface area contributed by atoms with Gasteiger partial charge in [-0.2, -0.15) is 8.42 Å². The van der Waals surface area contributed by atoms with Gasteiger partial charge in [0.2, 0.25) is 9.84 Å². The molecule has 0 heterocycles. The fraction of sp³-hybridized carbons (Fsp3) is 0.0741. The minimum atomic E-state index is -4.76. The van der Waals surface area contributed by atoms with Crippen molar-refractivity contribution in [2.75, 3.05) is 7.11 Å². The number of ether oxygens (including phenoxy) is 2. The molecule has 0 aliphatic carbocycles. The van der Waals surface area contributed by atoms with Crippen LogP contribution in [0.5, 0.6) is 17.2 Å². The molecule has 0 radical (unpaired) electrons. The van der Waals surface area contributed by atoms with E-state index in [0.29, 0.717) is 11.3 Å². The second-order valence-electron chi connectivity index (χ2n) is 8.08. The van der Waals surface area contributed by atoms with Crippen molar-refractivity contribution in [2.24, 2.45) is 0 Å². The predicted molar refractivity (Wildman–Crippen MR) is 136 cm³/mol. The maximum atomic E-state index is 12.9. The van der Waals surface area contributed by atoms with Gasteiger partial charge in [-0.05, 0) is 73.7 Å². The molecule has 0 saturated heterocycles. The molecule has 0 unspecified atom stereocenters. The molecule has 0 aromatic heterocycles. The van der Waals surface area contributed by atoms with Gasteiger partial charge in [0, 0.05) is 11.1 Å². The molecule has 4 rings (SSSR count). The summed E-state index contributed by atoms with van der Waals surface area (Å²) in [7, 11) is -7.09. The normalized spacial score (nSPS) is 11.6. The first-order valence-corrected chi connectivity index (χ1v) is 13.8. The van der Waals surface area contributed by atoms with Crippen molar-refractivity contribution in [3.05, 3.63) is 108 Å². The zero-order chi connectivity index (χ0) is 26.8. The highest BCUT2D eigenvalue weighted by atomic mass is 32.2. The van der Waals surface area contributed by atoms with Gasteiger partial charge in [-0.3, -0.25) is 9.35 Å². The molecule has 4 aromatic carbocycles. The molecule has 4 aromatic rings. The van der Waals surface area contributed by atoms with E-state index >= 15 is 0 Å². The Morgan fingerprint density at radius 1 is 0.703 bits per heavy atom. The van der Waals surface area contributed by atoms with Gasteiger partial charge in [0.25, 0.3) is 10.1 Å². The molecular formula is C27H22O8S2. The van der Waals surface area contributed by atoms with Crippen LogP contribution in [-0.4, -0.2) is 34.3 Å². The quantitative estimate of drug-likeness (QED) is 0.243. The largest absolute Gasteiger partial charge is 0.497 e. The Hall–Kier alpha value is -3.99. The van der Waals surface area contributed by atoms with Crippen molar-refractivity contribution >= 4 is 25.7 Å². The summed E-state index contributed by atoms with van der Waals surface area (Å²) < 4.78 is 70.4. The third-order valence-electron chi connectivity index (χ3n) is 5.53. The first kappa shape index (κ1) is 26.1. The first-order valence-electron chi connectivity index (χ1n) is 10.9. The number of benzene rings is 4. The number of sulfone groups is 1. The van der Waals surface area contributed by atoms with E-state index in [9.17, 15) is 26.2 Å². The van der Waals surface area contributed by atoms with E-state index in [0.717, 1.165) is 11.6 Å². The number of hydrogen-bond acceptors (Lipinski definition) is 7. The monoisotopic (exact) mass is 538 g/mol. The van der Waals surface area contributed by atoms with Crippen LogP contribution in [0.3, 0.4) is 0 Å². The Morgan fingerprint density at radius 2 is 1.22 bits per heavy atom. The van der Waals surface area contributed by atoms with E-state index in [-0.39, 0.29) is 26.9 Å². The minimum absolute atomic E-state index is 0.000868. The third kappa shape index (κ3) is 5.72. The molecule has 0 aliphatic rings. The summed E-state index contributed by atoms with van der Waals surface area (Å²) in [4.78, 5) is 12.3. The zero-order valence-electron chi connectivity index (χ0n) is 19.8. The van der Waals surface area contributed by atoms with Crippen LogP contribution in [0.15, 0.2) is 106 Å². The number of carbonyl (C=O) groups excluding carboxylic acids is 1. The van der Waals surface area contributed by atoms with Crippen LogP contribution in [0.4, 0.5) is 0 Å². The first-order chi connectivity index (χ1) is 17.5. The van der Waals surface area contributed by atoms with Crippen molar-refractivity contribution in [2.45, 2.75) is 21.6 Å². The number of methoxy groups -OCH3 is 1. The van der Waals surface area contributed by atoms with Crippen molar-refractivity contribution in [3.63, 3.8) is 0 Å². The minimum Gasteiger partial charge on any atom is -0.497 e. The van der Waals surface area contributed by atoms with E-state index in [1.54, 1.807) is 24.3 Å². The Labute approximate surface area is 214 Å². The summed E-state index contributed by atoms with van der Waals surface area (Å²) in [5.41, 5.74) is 1.36. The van der Waals surface area contributed by atoms with Crippen LogP contribution in [0, 0.1) is 6.92 Å². The van der Waals surface area contributed by atoms with Crippen LogP contribution >= 0.6 is 0 Å². The fourth-order valence-electron chi connectivity index (χ4n) is 3.51. The molecule has 0 aliphatic heterocycles. The SMILES string of the molecule is COc1ccc(S(=O)(=O)c2ccc(Oc3ccc(C(=O)c4ccc(C)cc4)cc3S(=O)(=O)O)cc2)cc1. The average Bonchev–Trinajstić information content (AvgIpc) is 2.88. The van der Waals surface area contributed by atoms with Crippen molar-refractivity contribution < 1.29 is 35.7 Å². The van der Waals surface area contributed by atoms with Crippen LogP contribution < -0.4 is 9.47 Å². The average molecular weight is 539 g/mol. The highest BCUT2D eigenvalue weighted by Crippen LogP contribution is 2.32. The molecule has 190 valence electrons. The predicted octanol–water partition coefficient (Wildman–Crippen LogP) is 5.11. The molecule has 0 spiro atoms. The topological polar surface area (TPSA) is 124 Å². The molecule has 37 heavy (non-hydrogen) atoms. The molecule has 0 atom stereocenters. The van der Waals surface area contributed by atoms with E-state index in [1.807, 2.05) is 6.92 Å². The molecule has 10 heteroatoms. The van der Waals surface area contributed by atoms with Gasteiger partial charge in [0.05, 0.1) is 16.9 Å². The van der Waals surface area contributed by atoms with E-state index in [4.69, 9.17) is 9.47 Å². The molecular weight excluding hydrogens is 516 g/mol. The van der Waals surface area contributed by atoms with Crippen LogP contribution in [0.2, 0.25) is 0 Å². The summed E-state index contributed by atoms with van der Waals surface area (Å²) in [6, 6.07) is 21.7. The summed E-state index contributed by atoms with van der Waals surface area (Å²) in [6.45, 7) is 1.87. The Bertz CT molecular complexity index is 1660. The van der Waals surface area contributed by atoms with Crippen molar-refractivity contribution in [1.29, 1.82) is 0 Å². The van der Waals surface area contributed by atoms with E-state index < -0.39 is 30.6 Å². The second-order valence-corrected chi connectivity index (χ2v) is 11.4. The Morgan fingerprint density at radius 3 is 1.73 bits per heavy atom. The van der Waals surface area contributed by atoms with Gasteiger partial charge in [0.1, 0.15) is 22.1 Å². The van der Waals surface area contributed by atoms with Gasteiger partial charge in [-0.1, -0.05) is 29.8 Å². The molecule has 0 fully saturated rings. The van der Waals surface area contributed by atoms with Crippen LogP contribution in [-0.2, 0) is 20.0 Å². The third-order valence-corrected chi connectivity index (χ3v) is 8.19. The maximum absolute atomic E-state index is 12.9. The summed E-state index contributed by atoms with van der Waals surface area (Å²) in [5.74, 6) is -0.0154. The standard InChI is InChI=1S/C27H22O8S2/c1-18-3-5-19(6-4-18)27(28)20-7-16-25(26(17-20)37(31,32)33)35-22-10-14-24(15-11-22)36(29,30)23-12-8-21(34-2)9-13-23/h3-17H,1-2H3,(H,31,32,33). The van der Waals surface area contributed by atoms with Crippen LogP contribution in [0.1, 0.15) is 21.5 Å². The number of hydrogen-bond donors (Lipinski definition) is 1. The van der Waals surface area contributed by atoms with Gasteiger partial charge >= 0.3 is 0 Å². The van der Waals surface area contributed by atoms with Gasteiger partial charge in [0.15, 0.2) is 5.78 Å². The lowest BCUT2D eigenvalue weighted by Crippen LogP contribution is -2.06. The maximum Gasteiger partial charge on any atom is 0.298 e. The lowest BCUT2D eigenvalue weighted by molar-refractivity contribution is 0.103. The highest BCUT2D eigenvalue weighted by Gasteiger charge is 2.22. The summed E-state index contributed by atoms with van der Waals surface area (Å²) in [5, 5.41) is 0. The van der Waals surface area contributed by atoms with Crippen molar-refractivity contribution in [1.82, 2.24) is 0 Å². The number of carbonyl (C=O) groups is 1. The van der Waals surface area contributed by atoms with Crippen molar-refractivity contribution in [3.8, 4) is 17.2 Å². The lowest BCUT2D eigenvalue weighted by Gasteiger charge is -2.12.